The van der Waals surface area contributed by atoms with Crippen molar-refractivity contribution < 1.29 is 0 Å². The Labute approximate surface area is 112 Å². The van der Waals surface area contributed by atoms with Crippen LogP contribution in [0, 0.1) is 0 Å². The average molecular weight is 274 g/mol. The molecule has 3 heterocycles. The van der Waals surface area contributed by atoms with Crippen LogP contribution in [0.1, 0.15) is 5.69 Å². The van der Waals surface area contributed by atoms with Crippen molar-refractivity contribution >= 4 is 28.6 Å². The van der Waals surface area contributed by atoms with Crippen molar-refractivity contribution in [3.63, 3.8) is 0 Å². The number of rotatable bonds is 4. The number of thiophene rings is 1. The Balaban J connectivity index is 1.68. The summed E-state index contributed by atoms with van der Waals surface area (Å²) in [6.45, 7) is 0.645. The Kier molecular flexibility index (Phi) is 3.29. The van der Waals surface area contributed by atoms with Crippen molar-refractivity contribution in [1.29, 1.82) is 0 Å². The molecule has 0 atom stereocenters. The number of aromatic nitrogens is 3. The van der Waals surface area contributed by atoms with E-state index in [-0.39, 0.29) is 0 Å². The molecule has 1 N–H and O–H groups in total. The molecule has 0 aromatic carbocycles. The normalized spacial score (nSPS) is 10.4. The van der Waals surface area contributed by atoms with E-state index in [4.69, 9.17) is 0 Å². The summed E-state index contributed by atoms with van der Waals surface area (Å²) in [4.78, 5) is 14.0. The summed E-state index contributed by atoms with van der Waals surface area (Å²) in [6.07, 6.45) is 3.43. The monoisotopic (exact) mass is 274 g/mol. The van der Waals surface area contributed by atoms with Crippen LogP contribution in [-0.2, 0) is 6.54 Å². The van der Waals surface area contributed by atoms with E-state index >= 15 is 0 Å². The summed E-state index contributed by atoms with van der Waals surface area (Å²) in [7, 11) is 0. The second-order valence-electron chi connectivity index (χ2n) is 3.55. The minimum Gasteiger partial charge on any atom is -0.349 e. The first-order valence-electron chi connectivity index (χ1n) is 5.41. The molecule has 0 spiro atoms. The summed E-state index contributed by atoms with van der Waals surface area (Å²) in [6, 6.07) is 5.92. The van der Waals surface area contributed by atoms with Crippen molar-refractivity contribution in [3.05, 3.63) is 47.0 Å². The molecule has 0 fully saturated rings. The molecule has 6 heteroatoms. The molecule has 3 aromatic rings. The van der Waals surface area contributed by atoms with Crippen LogP contribution in [0.3, 0.4) is 0 Å². The molecular formula is C12H10N4S2. The fourth-order valence-electron chi connectivity index (χ4n) is 1.46. The molecule has 4 nitrogen and oxygen atoms in total. The maximum absolute atomic E-state index is 4.58. The van der Waals surface area contributed by atoms with E-state index in [2.05, 4.69) is 37.1 Å². The van der Waals surface area contributed by atoms with E-state index < -0.39 is 0 Å². The molecule has 0 amide bonds. The molecule has 0 aliphatic carbocycles. The second-order valence-corrected chi connectivity index (χ2v) is 5.35. The van der Waals surface area contributed by atoms with Crippen LogP contribution in [0.4, 0.5) is 5.95 Å². The highest BCUT2D eigenvalue weighted by molar-refractivity contribution is 7.20. The largest absolute Gasteiger partial charge is 0.349 e. The van der Waals surface area contributed by atoms with Crippen LogP contribution in [-0.4, -0.2) is 15.0 Å². The van der Waals surface area contributed by atoms with E-state index in [1.54, 1.807) is 41.1 Å². The summed E-state index contributed by atoms with van der Waals surface area (Å²) in [5.41, 5.74) is 1.01. The Morgan fingerprint density at radius 1 is 1.11 bits per heavy atom. The van der Waals surface area contributed by atoms with E-state index in [1.807, 2.05) is 6.07 Å². The quantitative estimate of drug-likeness (QED) is 0.793. The molecule has 18 heavy (non-hydrogen) atoms. The molecule has 3 rings (SSSR count). The topological polar surface area (TPSA) is 50.7 Å². The summed E-state index contributed by atoms with van der Waals surface area (Å²) >= 11 is 3.37. The number of nitrogens with zero attached hydrogens (tertiary/aromatic N) is 3. The number of nitrogens with one attached hydrogen (secondary N) is 1. The lowest BCUT2D eigenvalue weighted by Crippen LogP contribution is -2.02. The van der Waals surface area contributed by atoms with Crippen LogP contribution in [0.5, 0.6) is 0 Å². The smallest absolute Gasteiger partial charge is 0.222 e. The van der Waals surface area contributed by atoms with E-state index in [1.165, 1.54) is 4.88 Å². The predicted molar refractivity (Wildman–Crippen MR) is 74.8 cm³/mol. The van der Waals surface area contributed by atoms with Gasteiger partial charge in [-0.05, 0) is 17.5 Å². The van der Waals surface area contributed by atoms with Gasteiger partial charge in [0.25, 0.3) is 0 Å². The molecular weight excluding hydrogens is 264 g/mol. The third-order valence-electron chi connectivity index (χ3n) is 2.28. The van der Waals surface area contributed by atoms with Crippen molar-refractivity contribution in [1.82, 2.24) is 15.0 Å². The van der Waals surface area contributed by atoms with Crippen molar-refractivity contribution in [2.24, 2.45) is 0 Å². The molecule has 90 valence electrons. The van der Waals surface area contributed by atoms with Crippen LogP contribution < -0.4 is 5.32 Å². The molecule has 0 aliphatic rings. The van der Waals surface area contributed by atoms with Gasteiger partial charge in [-0.1, -0.05) is 6.07 Å². The van der Waals surface area contributed by atoms with Gasteiger partial charge in [0.05, 0.1) is 17.1 Å². The van der Waals surface area contributed by atoms with Gasteiger partial charge in [0, 0.05) is 17.8 Å². The summed E-state index contributed by atoms with van der Waals surface area (Å²) < 4.78 is 0. The maximum Gasteiger partial charge on any atom is 0.222 e. The first kappa shape index (κ1) is 11.3. The Hall–Kier alpha value is -1.79. The zero-order valence-electron chi connectivity index (χ0n) is 9.41. The van der Waals surface area contributed by atoms with E-state index in [0.717, 1.165) is 10.7 Å². The van der Waals surface area contributed by atoms with E-state index in [0.29, 0.717) is 12.5 Å². The minimum absolute atomic E-state index is 0.628. The molecule has 0 unspecified atom stereocenters. The van der Waals surface area contributed by atoms with Crippen molar-refractivity contribution in [2.45, 2.75) is 6.54 Å². The van der Waals surface area contributed by atoms with Gasteiger partial charge >= 0.3 is 0 Å². The number of anilines is 1. The molecule has 0 saturated heterocycles. The van der Waals surface area contributed by atoms with Gasteiger partial charge in [-0.15, -0.1) is 22.7 Å². The summed E-state index contributed by atoms with van der Waals surface area (Å²) in [5, 5.41) is 8.33. The van der Waals surface area contributed by atoms with Crippen LogP contribution in [0.2, 0.25) is 0 Å². The number of hydrogen-bond acceptors (Lipinski definition) is 6. The molecule has 3 aromatic heterocycles. The Morgan fingerprint density at radius 3 is 2.78 bits per heavy atom. The average Bonchev–Trinajstić information content (AvgIpc) is 3.08. The van der Waals surface area contributed by atoms with Gasteiger partial charge < -0.3 is 5.32 Å². The van der Waals surface area contributed by atoms with Crippen LogP contribution >= 0.6 is 22.7 Å². The van der Waals surface area contributed by atoms with Gasteiger partial charge in [0.15, 0.2) is 0 Å². The van der Waals surface area contributed by atoms with Crippen molar-refractivity contribution in [2.75, 3.05) is 5.32 Å². The van der Waals surface area contributed by atoms with Gasteiger partial charge in [0.2, 0.25) is 5.95 Å². The zero-order chi connectivity index (χ0) is 12.2. The van der Waals surface area contributed by atoms with Crippen LogP contribution in [0.25, 0.3) is 9.88 Å². The lowest BCUT2D eigenvalue weighted by Gasteiger charge is -2.00. The Bertz CT molecular complexity index is 604. The van der Waals surface area contributed by atoms with Gasteiger partial charge in [-0.25, -0.2) is 15.0 Å². The molecule has 0 aliphatic heterocycles. The highest BCUT2D eigenvalue weighted by Crippen LogP contribution is 2.27. The minimum atomic E-state index is 0.628. The third-order valence-corrected chi connectivity index (χ3v) is 4.21. The third kappa shape index (κ3) is 2.55. The predicted octanol–water partition coefficient (Wildman–Crippen LogP) is 3.27. The van der Waals surface area contributed by atoms with Gasteiger partial charge in [-0.3, -0.25) is 0 Å². The zero-order valence-corrected chi connectivity index (χ0v) is 11.0. The van der Waals surface area contributed by atoms with Crippen LogP contribution in [0.15, 0.2) is 41.4 Å². The molecule has 0 bridgehead atoms. The molecule has 0 radical (unpaired) electrons. The summed E-state index contributed by atoms with van der Waals surface area (Å²) in [5.74, 6) is 0.628. The SMILES string of the molecule is c1cnc(NCc2csc(-c3cccs3)n2)nc1. The van der Waals surface area contributed by atoms with Gasteiger partial charge in [0.1, 0.15) is 5.01 Å². The number of thiazole rings is 1. The molecule has 0 saturated carbocycles. The van der Waals surface area contributed by atoms with Gasteiger partial charge in [-0.2, -0.15) is 0 Å². The maximum atomic E-state index is 4.58. The number of hydrogen-bond donors (Lipinski definition) is 1. The fourth-order valence-corrected chi connectivity index (χ4v) is 3.10. The highest BCUT2D eigenvalue weighted by Gasteiger charge is 2.05. The Morgan fingerprint density at radius 2 is 2.00 bits per heavy atom. The standard InChI is InChI=1S/C12H10N4S2/c1-3-10(17-6-1)11-16-9(8-18-11)7-15-12-13-4-2-5-14-12/h1-6,8H,7H2,(H,13,14,15). The van der Waals surface area contributed by atoms with Crippen molar-refractivity contribution in [3.8, 4) is 9.88 Å². The fraction of sp³-hybridized carbons (Fsp3) is 0.0833. The highest BCUT2D eigenvalue weighted by atomic mass is 32.1. The lowest BCUT2D eigenvalue weighted by atomic mass is 10.4. The first-order valence-corrected chi connectivity index (χ1v) is 7.17. The second kappa shape index (κ2) is 5.24. The lowest BCUT2D eigenvalue weighted by molar-refractivity contribution is 1.02. The first-order chi connectivity index (χ1) is 8.92. The van der Waals surface area contributed by atoms with E-state index in [9.17, 15) is 0 Å².